The molecule has 0 aliphatic heterocycles. The third-order valence-electron chi connectivity index (χ3n) is 8.04. The molecule has 0 radical (unpaired) electrons. The van der Waals surface area contributed by atoms with Crippen LogP contribution >= 0.6 is 0 Å². The fourth-order valence-corrected chi connectivity index (χ4v) is 5.91. The first-order valence-electron chi connectivity index (χ1n) is 14.3. The first-order chi connectivity index (χ1) is 20.8. The maximum Gasteiger partial charge on any atom is 0.136 e. The van der Waals surface area contributed by atoms with Crippen molar-refractivity contribution in [3.63, 3.8) is 0 Å². The van der Waals surface area contributed by atoms with E-state index in [-0.39, 0.29) is 0 Å². The lowest BCUT2D eigenvalue weighted by Crippen LogP contribution is -2.09. The molecule has 0 spiro atoms. The molecule has 0 atom stereocenters. The van der Waals surface area contributed by atoms with Crippen molar-refractivity contribution in [2.24, 2.45) is 0 Å². The minimum Gasteiger partial charge on any atom is -0.456 e. The Labute approximate surface area is 244 Å². The molecule has 0 saturated carbocycles. The van der Waals surface area contributed by atoms with Gasteiger partial charge in [-0.25, -0.2) is 0 Å². The van der Waals surface area contributed by atoms with Crippen molar-refractivity contribution in [3.05, 3.63) is 164 Å². The molecule has 1 heterocycles. The number of hydrogen-bond acceptors (Lipinski definition) is 2. The lowest BCUT2D eigenvalue weighted by Gasteiger charge is -2.26. The van der Waals surface area contributed by atoms with Crippen LogP contribution in [0.3, 0.4) is 0 Å². The molecule has 42 heavy (non-hydrogen) atoms. The molecule has 0 fully saturated rings. The molecule has 0 bridgehead atoms. The van der Waals surface area contributed by atoms with E-state index in [0.29, 0.717) is 0 Å². The van der Waals surface area contributed by atoms with Crippen LogP contribution in [0, 0.1) is 0 Å². The molecule has 0 aliphatic rings. The predicted octanol–water partition coefficient (Wildman–Crippen LogP) is 11.5. The molecule has 2 heteroatoms. The van der Waals surface area contributed by atoms with Crippen LogP contribution in [0.5, 0.6) is 0 Å². The highest BCUT2D eigenvalue weighted by Crippen LogP contribution is 2.39. The van der Waals surface area contributed by atoms with E-state index in [4.69, 9.17) is 4.42 Å². The largest absolute Gasteiger partial charge is 0.456 e. The number of fused-ring (bicyclic) bond motifs is 4. The Hall–Kier alpha value is -5.60. The molecule has 8 aromatic rings. The molecule has 8 rings (SSSR count). The lowest BCUT2D eigenvalue weighted by atomic mass is 10.00. The molecule has 0 amide bonds. The van der Waals surface area contributed by atoms with E-state index in [1.54, 1.807) is 0 Å². The molecule has 1 aromatic heterocycles. The smallest absolute Gasteiger partial charge is 0.136 e. The first-order valence-corrected chi connectivity index (χ1v) is 14.3. The average Bonchev–Trinajstić information content (AvgIpc) is 3.42. The van der Waals surface area contributed by atoms with Gasteiger partial charge in [-0.05, 0) is 87.6 Å². The summed E-state index contributed by atoms with van der Waals surface area (Å²) in [6.45, 7) is 0. The van der Waals surface area contributed by atoms with Gasteiger partial charge in [0, 0.05) is 27.8 Å². The van der Waals surface area contributed by atoms with Crippen molar-refractivity contribution in [1.29, 1.82) is 0 Å². The molecule has 0 N–H and O–H groups in total. The Bertz CT molecular complexity index is 2160. The summed E-state index contributed by atoms with van der Waals surface area (Å²) >= 11 is 0. The van der Waals surface area contributed by atoms with Crippen molar-refractivity contribution in [2.45, 2.75) is 0 Å². The monoisotopic (exact) mass is 537 g/mol. The quantitative estimate of drug-likeness (QED) is 0.217. The van der Waals surface area contributed by atoms with Crippen molar-refractivity contribution in [2.75, 3.05) is 4.90 Å². The highest BCUT2D eigenvalue weighted by molar-refractivity contribution is 6.10. The van der Waals surface area contributed by atoms with Gasteiger partial charge in [-0.2, -0.15) is 0 Å². The molecule has 0 aliphatic carbocycles. The van der Waals surface area contributed by atoms with E-state index in [9.17, 15) is 0 Å². The fraction of sp³-hybridized carbons (Fsp3) is 0. The third-order valence-corrected chi connectivity index (χ3v) is 8.04. The summed E-state index contributed by atoms with van der Waals surface area (Å²) in [5.74, 6) is 0. The Morgan fingerprint density at radius 2 is 0.881 bits per heavy atom. The summed E-state index contributed by atoms with van der Waals surface area (Å²) in [5.41, 5.74) is 10.0. The van der Waals surface area contributed by atoms with Crippen LogP contribution in [-0.4, -0.2) is 0 Å². The van der Waals surface area contributed by atoms with Gasteiger partial charge in [-0.1, -0.05) is 109 Å². The van der Waals surface area contributed by atoms with E-state index >= 15 is 0 Å². The Balaban J connectivity index is 1.18. The SMILES string of the molecule is c1ccc(-c2ccc(-c3ccc(N(c4ccccc4)c4ccc5cc6oc7ccccc7c6cc5c4)cc3)cc2)cc1. The van der Waals surface area contributed by atoms with Gasteiger partial charge in [0.15, 0.2) is 0 Å². The van der Waals surface area contributed by atoms with E-state index in [0.717, 1.165) is 44.4 Å². The van der Waals surface area contributed by atoms with Crippen LogP contribution in [0.25, 0.3) is 55.0 Å². The number of furan rings is 1. The number of benzene rings is 7. The molecule has 2 nitrogen and oxygen atoms in total. The maximum atomic E-state index is 6.14. The second-order valence-electron chi connectivity index (χ2n) is 10.6. The summed E-state index contributed by atoms with van der Waals surface area (Å²) in [7, 11) is 0. The van der Waals surface area contributed by atoms with Gasteiger partial charge < -0.3 is 9.32 Å². The number of anilines is 3. The van der Waals surface area contributed by atoms with Gasteiger partial charge in [0.05, 0.1) is 0 Å². The Morgan fingerprint density at radius 3 is 1.60 bits per heavy atom. The van der Waals surface area contributed by atoms with Crippen molar-refractivity contribution < 1.29 is 4.42 Å². The third kappa shape index (κ3) is 4.31. The normalized spacial score (nSPS) is 11.3. The zero-order valence-electron chi connectivity index (χ0n) is 22.9. The highest BCUT2D eigenvalue weighted by Gasteiger charge is 2.15. The van der Waals surface area contributed by atoms with E-state index < -0.39 is 0 Å². The van der Waals surface area contributed by atoms with E-state index in [1.807, 2.05) is 12.1 Å². The van der Waals surface area contributed by atoms with E-state index in [2.05, 4.69) is 157 Å². The summed E-state index contributed by atoms with van der Waals surface area (Å²) < 4.78 is 6.14. The molecular formula is C40H27NO. The van der Waals surface area contributed by atoms with Crippen molar-refractivity contribution >= 4 is 49.8 Å². The van der Waals surface area contributed by atoms with Crippen molar-refractivity contribution in [1.82, 2.24) is 0 Å². The Morgan fingerprint density at radius 1 is 0.333 bits per heavy atom. The second-order valence-corrected chi connectivity index (χ2v) is 10.6. The van der Waals surface area contributed by atoms with Gasteiger partial charge in [0.25, 0.3) is 0 Å². The topological polar surface area (TPSA) is 16.4 Å². The van der Waals surface area contributed by atoms with Gasteiger partial charge in [-0.3, -0.25) is 0 Å². The fourth-order valence-electron chi connectivity index (χ4n) is 5.91. The van der Waals surface area contributed by atoms with Crippen LogP contribution in [0.15, 0.2) is 168 Å². The Kier molecular flexibility index (Phi) is 5.82. The highest BCUT2D eigenvalue weighted by atomic mass is 16.3. The van der Waals surface area contributed by atoms with Crippen molar-refractivity contribution in [3.8, 4) is 22.3 Å². The lowest BCUT2D eigenvalue weighted by molar-refractivity contribution is 0.669. The zero-order valence-corrected chi connectivity index (χ0v) is 22.9. The average molecular weight is 538 g/mol. The number of hydrogen-bond donors (Lipinski definition) is 0. The van der Waals surface area contributed by atoms with Gasteiger partial charge in [-0.15, -0.1) is 0 Å². The van der Waals surface area contributed by atoms with Crippen LogP contribution in [0.2, 0.25) is 0 Å². The predicted molar refractivity (Wildman–Crippen MR) is 177 cm³/mol. The van der Waals surface area contributed by atoms with Gasteiger partial charge in [0.1, 0.15) is 11.2 Å². The van der Waals surface area contributed by atoms with Crippen LogP contribution in [0.4, 0.5) is 17.1 Å². The minimum atomic E-state index is 0.920. The van der Waals surface area contributed by atoms with Crippen LogP contribution in [0.1, 0.15) is 0 Å². The first kappa shape index (κ1) is 24.2. The number of rotatable bonds is 5. The van der Waals surface area contributed by atoms with Gasteiger partial charge in [0.2, 0.25) is 0 Å². The number of nitrogens with zero attached hydrogens (tertiary/aromatic N) is 1. The second kappa shape index (κ2) is 10.1. The summed E-state index contributed by atoms with van der Waals surface area (Å²) in [6.07, 6.45) is 0. The van der Waals surface area contributed by atoms with E-state index in [1.165, 1.54) is 27.6 Å². The number of para-hydroxylation sites is 2. The zero-order chi connectivity index (χ0) is 27.9. The summed E-state index contributed by atoms with van der Waals surface area (Å²) in [4.78, 5) is 2.32. The molecule has 7 aromatic carbocycles. The molecule has 0 saturated heterocycles. The minimum absolute atomic E-state index is 0.920. The molecular weight excluding hydrogens is 510 g/mol. The summed E-state index contributed by atoms with van der Waals surface area (Å²) in [5, 5.41) is 4.63. The molecule has 198 valence electrons. The standard InChI is InChI=1S/C40H27NO/c1-3-9-28(10-4-1)29-15-17-30(18-16-29)31-19-22-35(23-20-31)41(34-11-5-2-6-12-34)36-24-21-32-27-40-38(26-33(32)25-36)37-13-7-8-14-39(37)42-40/h1-27H. The van der Waals surface area contributed by atoms with Gasteiger partial charge >= 0.3 is 0 Å². The molecule has 0 unspecified atom stereocenters. The van der Waals surface area contributed by atoms with Crippen LogP contribution in [-0.2, 0) is 0 Å². The maximum absolute atomic E-state index is 6.14. The van der Waals surface area contributed by atoms with Crippen LogP contribution < -0.4 is 4.90 Å². The summed E-state index contributed by atoms with van der Waals surface area (Å²) in [6, 6.07) is 58.0.